The molecule has 0 bridgehead atoms. The Morgan fingerprint density at radius 2 is 2.00 bits per heavy atom. The van der Waals surface area contributed by atoms with Gasteiger partial charge < -0.3 is 10.4 Å². The second kappa shape index (κ2) is 8.25. The van der Waals surface area contributed by atoms with E-state index >= 15 is 0 Å². The van der Waals surface area contributed by atoms with Crippen molar-refractivity contribution in [3.05, 3.63) is 57.8 Å². The molecule has 1 heterocycles. The Kier molecular flexibility index (Phi) is 6.01. The lowest BCUT2D eigenvalue weighted by molar-refractivity contribution is 0.0957. The summed E-state index contributed by atoms with van der Waals surface area (Å²) in [5.41, 5.74) is 1.28. The first kappa shape index (κ1) is 15.3. The van der Waals surface area contributed by atoms with Gasteiger partial charge in [-0.05, 0) is 30.5 Å². The standard InChI is InChI=1S/C17H17NO2S/c19-13-5-9-15-10-11-16(21-15)17(20)18-12-4-8-14-6-2-1-3-7-14/h1-3,6-7,10-11,19H,4,8,12-13H2,(H,18,20). The fourth-order valence-corrected chi connectivity index (χ4v) is 2.68. The molecular formula is C17H17NO2S. The number of rotatable bonds is 5. The molecule has 0 spiro atoms. The number of aryl methyl sites for hydroxylation is 1. The van der Waals surface area contributed by atoms with Crippen LogP contribution in [0.3, 0.4) is 0 Å². The number of nitrogens with one attached hydrogen (secondary N) is 1. The first-order valence-corrected chi connectivity index (χ1v) is 7.63. The Labute approximate surface area is 128 Å². The van der Waals surface area contributed by atoms with Gasteiger partial charge >= 0.3 is 0 Å². The quantitative estimate of drug-likeness (QED) is 0.658. The maximum Gasteiger partial charge on any atom is 0.261 e. The molecule has 3 nitrogen and oxygen atoms in total. The van der Waals surface area contributed by atoms with E-state index in [4.69, 9.17) is 5.11 Å². The summed E-state index contributed by atoms with van der Waals surface area (Å²) in [7, 11) is 0. The molecular weight excluding hydrogens is 282 g/mol. The van der Waals surface area contributed by atoms with Crippen LogP contribution in [0.1, 0.15) is 26.5 Å². The summed E-state index contributed by atoms with van der Waals surface area (Å²) in [6.07, 6.45) is 1.87. The van der Waals surface area contributed by atoms with Gasteiger partial charge in [0, 0.05) is 6.54 Å². The SMILES string of the molecule is O=C(NCCCc1ccccc1)c1ccc(C#CCO)s1. The number of benzene rings is 1. The normalized spacial score (nSPS) is 9.76. The van der Waals surface area contributed by atoms with Crippen LogP contribution in [-0.2, 0) is 6.42 Å². The first-order valence-electron chi connectivity index (χ1n) is 6.81. The molecule has 108 valence electrons. The maximum absolute atomic E-state index is 11.9. The lowest BCUT2D eigenvalue weighted by Crippen LogP contribution is -2.23. The Balaban J connectivity index is 1.75. The van der Waals surface area contributed by atoms with Crippen molar-refractivity contribution in [1.82, 2.24) is 5.32 Å². The Morgan fingerprint density at radius 3 is 2.76 bits per heavy atom. The monoisotopic (exact) mass is 299 g/mol. The van der Waals surface area contributed by atoms with Crippen molar-refractivity contribution in [3.8, 4) is 11.8 Å². The second-order valence-corrected chi connectivity index (χ2v) is 5.55. The zero-order valence-electron chi connectivity index (χ0n) is 11.6. The largest absolute Gasteiger partial charge is 0.384 e. The van der Waals surface area contributed by atoms with Crippen LogP contribution in [-0.4, -0.2) is 24.2 Å². The fourth-order valence-electron chi connectivity index (χ4n) is 1.88. The van der Waals surface area contributed by atoms with Crippen LogP contribution in [0.15, 0.2) is 42.5 Å². The van der Waals surface area contributed by atoms with E-state index in [-0.39, 0.29) is 12.5 Å². The fraction of sp³-hybridized carbons (Fsp3) is 0.235. The molecule has 4 heteroatoms. The molecule has 0 unspecified atom stereocenters. The van der Waals surface area contributed by atoms with E-state index in [0.717, 1.165) is 17.7 Å². The van der Waals surface area contributed by atoms with E-state index in [2.05, 4.69) is 29.3 Å². The topological polar surface area (TPSA) is 49.3 Å². The third kappa shape index (κ3) is 5.07. The number of hydrogen-bond acceptors (Lipinski definition) is 3. The predicted molar refractivity (Wildman–Crippen MR) is 85.4 cm³/mol. The van der Waals surface area contributed by atoms with E-state index in [1.165, 1.54) is 16.9 Å². The van der Waals surface area contributed by atoms with E-state index in [0.29, 0.717) is 11.4 Å². The summed E-state index contributed by atoms with van der Waals surface area (Å²) >= 11 is 1.34. The van der Waals surface area contributed by atoms with Crippen LogP contribution in [0.4, 0.5) is 0 Å². The van der Waals surface area contributed by atoms with Gasteiger partial charge in [-0.25, -0.2) is 0 Å². The average molecular weight is 299 g/mol. The molecule has 0 aliphatic rings. The van der Waals surface area contributed by atoms with Gasteiger partial charge in [0.1, 0.15) is 6.61 Å². The zero-order chi connectivity index (χ0) is 14.9. The summed E-state index contributed by atoms with van der Waals surface area (Å²) in [4.78, 5) is 13.4. The van der Waals surface area contributed by atoms with Gasteiger partial charge in [-0.1, -0.05) is 42.2 Å². The Hall–Kier alpha value is -2.09. The van der Waals surface area contributed by atoms with E-state index in [1.54, 1.807) is 12.1 Å². The third-order valence-corrected chi connectivity index (χ3v) is 3.89. The summed E-state index contributed by atoms with van der Waals surface area (Å²) < 4.78 is 0. The highest BCUT2D eigenvalue weighted by molar-refractivity contribution is 7.14. The number of thiophene rings is 1. The average Bonchev–Trinajstić information content (AvgIpc) is 2.99. The molecule has 2 N–H and O–H groups in total. The van der Waals surface area contributed by atoms with Crippen molar-refractivity contribution in [2.24, 2.45) is 0 Å². The molecule has 1 amide bonds. The molecule has 0 saturated heterocycles. The lowest BCUT2D eigenvalue weighted by Gasteiger charge is -2.03. The van der Waals surface area contributed by atoms with Crippen molar-refractivity contribution in [2.75, 3.05) is 13.2 Å². The zero-order valence-corrected chi connectivity index (χ0v) is 12.5. The molecule has 21 heavy (non-hydrogen) atoms. The summed E-state index contributed by atoms with van der Waals surface area (Å²) in [6.45, 7) is 0.488. The van der Waals surface area contributed by atoms with Crippen molar-refractivity contribution in [2.45, 2.75) is 12.8 Å². The number of hydrogen-bond donors (Lipinski definition) is 2. The highest BCUT2D eigenvalue weighted by Gasteiger charge is 2.07. The summed E-state index contributed by atoms with van der Waals surface area (Å²) in [5, 5.41) is 11.5. The van der Waals surface area contributed by atoms with Crippen LogP contribution in [0.2, 0.25) is 0 Å². The molecule has 2 aromatic rings. The molecule has 1 aromatic carbocycles. The van der Waals surface area contributed by atoms with E-state index in [9.17, 15) is 4.79 Å². The minimum atomic E-state index is -0.168. The van der Waals surface area contributed by atoms with Crippen LogP contribution in [0.25, 0.3) is 0 Å². The molecule has 0 fully saturated rings. The lowest BCUT2D eigenvalue weighted by atomic mass is 10.1. The minimum Gasteiger partial charge on any atom is -0.384 e. The third-order valence-electron chi connectivity index (χ3n) is 2.89. The molecule has 1 aromatic heterocycles. The second-order valence-electron chi connectivity index (χ2n) is 4.47. The van der Waals surface area contributed by atoms with Crippen molar-refractivity contribution >= 4 is 17.2 Å². The minimum absolute atomic E-state index is 0.0647. The molecule has 0 saturated carbocycles. The van der Waals surface area contributed by atoms with Gasteiger partial charge in [-0.15, -0.1) is 11.3 Å². The van der Waals surface area contributed by atoms with Gasteiger partial charge in [0.15, 0.2) is 0 Å². The predicted octanol–water partition coefficient (Wildman–Crippen LogP) is 2.45. The number of aliphatic hydroxyl groups excluding tert-OH is 1. The molecule has 0 aliphatic carbocycles. The van der Waals surface area contributed by atoms with Crippen LogP contribution in [0.5, 0.6) is 0 Å². The summed E-state index contributed by atoms with van der Waals surface area (Å²) in [6, 6.07) is 13.8. The molecule has 0 atom stereocenters. The molecule has 0 radical (unpaired) electrons. The van der Waals surface area contributed by atoms with Gasteiger partial charge in [-0.2, -0.15) is 0 Å². The molecule has 2 rings (SSSR count). The smallest absolute Gasteiger partial charge is 0.261 e. The van der Waals surface area contributed by atoms with Gasteiger partial charge in [-0.3, -0.25) is 4.79 Å². The van der Waals surface area contributed by atoms with E-state index < -0.39 is 0 Å². The maximum atomic E-state index is 11.9. The number of carbonyl (C=O) groups is 1. The van der Waals surface area contributed by atoms with Crippen molar-refractivity contribution in [1.29, 1.82) is 0 Å². The van der Waals surface area contributed by atoms with Crippen molar-refractivity contribution < 1.29 is 9.90 Å². The number of carbonyl (C=O) groups excluding carboxylic acids is 1. The van der Waals surface area contributed by atoms with Crippen LogP contribution >= 0.6 is 11.3 Å². The first-order chi connectivity index (χ1) is 10.3. The molecule has 0 aliphatic heterocycles. The van der Waals surface area contributed by atoms with Crippen molar-refractivity contribution in [3.63, 3.8) is 0 Å². The summed E-state index contributed by atoms with van der Waals surface area (Å²) in [5.74, 6) is 5.30. The number of amides is 1. The van der Waals surface area contributed by atoms with Gasteiger partial charge in [0.25, 0.3) is 5.91 Å². The van der Waals surface area contributed by atoms with E-state index in [1.807, 2.05) is 18.2 Å². The highest BCUT2D eigenvalue weighted by atomic mass is 32.1. The van der Waals surface area contributed by atoms with Crippen LogP contribution < -0.4 is 5.32 Å². The highest BCUT2D eigenvalue weighted by Crippen LogP contribution is 2.15. The van der Waals surface area contributed by atoms with Gasteiger partial charge in [0.2, 0.25) is 0 Å². The number of aliphatic hydroxyl groups is 1. The Bertz CT molecular complexity index is 638. The van der Waals surface area contributed by atoms with Gasteiger partial charge in [0.05, 0.1) is 9.75 Å². The Morgan fingerprint density at radius 1 is 1.19 bits per heavy atom. The van der Waals surface area contributed by atoms with Crippen LogP contribution in [0, 0.1) is 11.8 Å².